The first-order valence-electron chi connectivity index (χ1n) is 7.34. The number of likely N-dealkylation sites (tertiary alicyclic amines) is 1. The molecule has 1 aromatic heterocycles. The van der Waals surface area contributed by atoms with Crippen molar-refractivity contribution in [2.45, 2.75) is 24.2 Å². The molecule has 1 fully saturated rings. The average molecular weight is 312 g/mol. The van der Waals surface area contributed by atoms with E-state index >= 15 is 0 Å². The average Bonchev–Trinajstić information content (AvgIpc) is 2.49. The fourth-order valence-electron chi connectivity index (χ4n) is 2.62. The predicted molar refractivity (Wildman–Crippen MR) is 83.8 cm³/mol. The van der Waals surface area contributed by atoms with Crippen LogP contribution in [-0.2, 0) is 10.0 Å². The van der Waals surface area contributed by atoms with Crippen LogP contribution in [0.5, 0.6) is 0 Å². The molecule has 0 radical (unpaired) electrons. The molecule has 0 bridgehead atoms. The summed E-state index contributed by atoms with van der Waals surface area (Å²) in [5, 5.41) is 2.81. The van der Waals surface area contributed by atoms with Crippen LogP contribution >= 0.6 is 0 Å². The van der Waals surface area contributed by atoms with Gasteiger partial charge in [-0.1, -0.05) is 0 Å². The highest BCUT2D eigenvalue weighted by Crippen LogP contribution is 2.20. The molecule has 1 aliphatic heterocycles. The minimum absolute atomic E-state index is 0.205. The second-order valence-corrected chi connectivity index (χ2v) is 7.27. The number of aromatic nitrogens is 1. The summed E-state index contributed by atoms with van der Waals surface area (Å²) < 4.78 is 27.3. The first-order chi connectivity index (χ1) is 10.0. The van der Waals surface area contributed by atoms with E-state index < -0.39 is 10.0 Å². The fourth-order valence-corrected chi connectivity index (χ4v) is 3.83. The van der Waals surface area contributed by atoms with E-state index in [1.807, 2.05) is 0 Å². The van der Waals surface area contributed by atoms with E-state index in [0.717, 1.165) is 32.4 Å². The minimum Gasteiger partial charge on any atom is -0.372 e. The van der Waals surface area contributed by atoms with Gasteiger partial charge in [0, 0.05) is 19.8 Å². The van der Waals surface area contributed by atoms with Gasteiger partial charge in [0.05, 0.1) is 0 Å². The summed E-state index contributed by atoms with van der Waals surface area (Å²) in [7, 11) is 0.292. The number of hydrogen-bond acceptors (Lipinski definition) is 5. The van der Waals surface area contributed by atoms with Crippen molar-refractivity contribution in [3.05, 3.63) is 18.3 Å². The summed E-state index contributed by atoms with van der Waals surface area (Å²) in [6.07, 6.45) is 4.76. The summed E-state index contributed by atoms with van der Waals surface area (Å²) in [5.41, 5.74) is 0. The quantitative estimate of drug-likeness (QED) is 0.824. The number of hydrogen-bond donors (Lipinski definition) is 2. The second-order valence-electron chi connectivity index (χ2n) is 5.53. The number of piperidine rings is 1. The third kappa shape index (κ3) is 4.39. The molecule has 2 heterocycles. The molecule has 0 unspecified atom stereocenters. The normalized spacial score (nSPS) is 17.8. The van der Waals surface area contributed by atoms with Gasteiger partial charge in [-0.05, 0) is 57.5 Å². The Morgan fingerprint density at radius 3 is 2.76 bits per heavy atom. The molecule has 118 valence electrons. The van der Waals surface area contributed by atoms with Crippen molar-refractivity contribution in [2.75, 3.05) is 39.0 Å². The Balaban J connectivity index is 1.89. The van der Waals surface area contributed by atoms with E-state index in [-0.39, 0.29) is 4.90 Å². The molecule has 0 aromatic carbocycles. The minimum atomic E-state index is -3.50. The van der Waals surface area contributed by atoms with Crippen LogP contribution in [0.4, 0.5) is 5.82 Å². The van der Waals surface area contributed by atoms with Crippen LogP contribution in [0.25, 0.3) is 0 Å². The van der Waals surface area contributed by atoms with E-state index in [0.29, 0.717) is 18.3 Å². The van der Waals surface area contributed by atoms with Crippen LogP contribution in [0.2, 0.25) is 0 Å². The third-order valence-corrected chi connectivity index (χ3v) is 5.47. The zero-order valence-electron chi connectivity index (χ0n) is 12.7. The Kier molecular flexibility index (Phi) is 5.55. The van der Waals surface area contributed by atoms with Gasteiger partial charge in [0.2, 0.25) is 10.0 Å². The molecule has 1 aliphatic rings. The summed E-state index contributed by atoms with van der Waals surface area (Å²) in [4.78, 5) is 6.55. The van der Waals surface area contributed by atoms with Crippen molar-refractivity contribution in [1.29, 1.82) is 0 Å². The van der Waals surface area contributed by atoms with Gasteiger partial charge in [-0.25, -0.2) is 18.1 Å². The lowest BCUT2D eigenvalue weighted by molar-refractivity contribution is 0.213. The lowest BCUT2D eigenvalue weighted by Crippen LogP contribution is -2.33. The first kappa shape index (κ1) is 16.2. The van der Waals surface area contributed by atoms with Crippen LogP contribution < -0.4 is 10.0 Å². The number of pyridine rings is 1. The maximum atomic E-state index is 12.3. The van der Waals surface area contributed by atoms with E-state index in [2.05, 4.69) is 27.0 Å². The lowest BCUT2D eigenvalue weighted by Gasteiger charge is -2.28. The topological polar surface area (TPSA) is 74.3 Å². The Labute approximate surface area is 127 Å². The summed E-state index contributed by atoms with van der Waals surface area (Å²) >= 11 is 0. The van der Waals surface area contributed by atoms with Crippen molar-refractivity contribution >= 4 is 15.8 Å². The third-order valence-electron chi connectivity index (χ3n) is 3.98. The molecular formula is C14H24N4O2S. The summed E-state index contributed by atoms with van der Waals surface area (Å²) in [6, 6.07) is 3.20. The number of nitrogens with zero attached hydrogens (tertiary/aromatic N) is 2. The lowest BCUT2D eigenvalue weighted by atomic mass is 9.94. The molecule has 21 heavy (non-hydrogen) atoms. The van der Waals surface area contributed by atoms with Crippen LogP contribution in [0.15, 0.2) is 23.2 Å². The van der Waals surface area contributed by atoms with E-state index in [9.17, 15) is 8.42 Å². The summed E-state index contributed by atoms with van der Waals surface area (Å²) in [6.45, 7) is 2.68. The second kappa shape index (κ2) is 7.20. The van der Waals surface area contributed by atoms with E-state index in [1.54, 1.807) is 25.4 Å². The number of anilines is 1. The van der Waals surface area contributed by atoms with Crippen molar-refractivity contribution in [1.82, 2.24) is 14.6 Å². The summed E-state index contributed by atoms with van der Waals surface area (Å²) in [5.74, 6) is 0.992. The maximum Gasteiger partial charge on any atom is 0.244 e. The Bertz CT molecular complexity index is 554. The highest BCUT2D eigenvalue weighted by Gasteiger charge is 2.20. The SMILES string of the molecule is CNc1ncccc1S(=O)(=O)NCCC1CCN(C)CC1. The number of nitrogens with one attached hydrogen (secondary N) is 2. The Morgan fingerprint density at radius 2 is 2.10 bits per heavy atom. The number of rotatable bonds is 6. The van der Waals surface area contributed by atoms with Crippen LogP contribution in [-0.4, -0.2) is 52.0 Å². The molecule has 0 saturated carbocycles. The molecule has 0 amide bonds. The molecular weight excluding hydrogens is 288 g/mol. The maximum absolute atomic E-state index is 12.3. The molecule has 1 aromatic rings. The van der Waals surface area contributed by atoms with Gasteiger partial charge >= 0.3 is 0 Å². The highest BCUT2D eigenvalue weighted by molar-refractivity contribution is 7.89. The van der Waals surface area contributed by atoms with Crippen molar-refractivity contribution in [3.8, 4) is 0 Å². The highest BCUT2D eigenvalue weighted by atomic mass is 32.2. The van der Waals surface area contributed by atoms with Gasteiger partial charge in [-0.3, -0.25) is 0 Å². The molecule has 0 aliphatic carbocycles. The van der Waals surface area contributed by atoms with Crippen LogP contribution in [0.3, 0.4) is 0 Å². The Morgan fingerprint density at radius 1 is 1.38 bits per heavy atom. The molecule has 2 rings (SSSR count). The molecule has 0 atom stereocenters. The zero-order chi connectivity index (χ0) is 15.3. The van der Waals surface area contributed by atoms with Gasteiger partial charge in [-0.15, -0.1) is 0 Å². The molecule has 7 heteroatoms. The Hall–Kier alpha value is -1.18. The smallest absolute Gasteiger partial charge is 0.244 e. The van der Waals surface area contributed by atoms with Crippen molar-refractivity contribution in [3.63, 3.8) is 0 Å². The van der Waals surface area contributed by atoms with Gasteiger partial charge in [-0.2, -0.15) is 0 Å². The molecule has 0 spiro atoms. The van der Waals surface area contributed by atoms with Crippen LogP contribution in [0, 0.1) is 5.92 Å². The molecule has 6 nitrogen and oxygen atoms in total. The first-order valence-corrected chi connectivity index (χ1v) is 8.82. The van der Waals surface area contributed by atoms with Crippen molar-refractivity contribution < 1.29 is 8.42 Å². The number of sulfonamides is 1. The van der Waals surface area contributed by atoms with Gasteiger partial charge in [0.1, 0.15) is 10.7 Å². The molecule has 2 N–H and O–H groups in total. The van der Waals surface area contributed by atoms with Gasteiger partial charge in [0.15, 0.2) is 0 Å². The predicted octanol–water partition coefficient (Wildman–Crippen LogP) is 1.13. The monoisotopic (exact) mass is 312 g/mol. The van der Waals surface area contributed by atoms with Crippen LogP contribution in [0.1, 0.15) is 19.3 Å². The standard InChI is InChI=1S/C14H24N4O2S/c1-15-14-13(4-3-8-16-14)21(19,20)17-9-5-12-6-10-18(2)11-7-12/h3-4,8,12,17H,5-7,9-11H2,1-2H3,(H,15,16). The zero-order valence-corrected chi connectivity index (χ0v) is 13.5. The van der Waals surface area contributed by atoms with Crippen molar-refractivity contribution in [2.24, 2.45) is 5.92 Å². The molecule has 1 saturated heterocycles. The largest absolute Gasteiger partial charge is 0.372 e. The van der Waals surface area contributed by atoms with E-state index in [4.69, 9.17) is 0 Å². The fraction of sp³-hybridized carbons (Fsp3) is 0.643. The van der Waals surface area contributed by atoms with E-state index in [1.165, 1.54) is 0 Å². The van der Waals surface area contributed by atoms with Gasteiger partial charge in [0.25, 0.3) is 0 Å². The van der Waals surface area contributed by atoms with Gasteiger partial charge < -0.3 is 10.2 Å².